The summed E-state index contributed by atoms with van der Waals surface area (Å²) in [4.78, 5) is 14.1. The van der Waals surface area contributed by atoms with Gasteiger partial charge in [0, 0.05) is 13.1 Å². The van der Waals surface area contributed by atoms with Gasteiger partial charge in [0.05, 0.1) is 7.05 Å². The lowest BCUT2D eigenvalue weighted by Crippen LogP contribution is -3.00. The first-order chi connectivity index (χ1) is 8.08. The normalized spacial score (nSPS) is 23.3. The number of rotatable bonds is 1. The molecule has 102 valence electrons. The topological polar surface area (TPSA) is 29.1 Å². The molecule has 1 amide bonds. The van der Waals surface area contributed by atoms with Crippen LogP contribution in [0.25, 0.3) is 0 Å². The Balaban J connectivity index is 0.00000162. The highest BCUT2D eigenvalue weighted by Crippen LogP contribution is 2.26. The first-order valence-corrected chi connectivity index (χ1v) is 6.38. The minimum atomic E-state index is 0. The van der Waals surface area contributed by atoms with Gasteiger partial charge >= 0.3 is 6.03 Å². The van der Waals surface area contributed by atoms with Crippen molar-refractivity contribution in [3.63, 3.8) is 0 Å². The van der Waals surface area contributed by atoms with Gasteiger partial charge in [-0.1, -0.05) is 19.8 Å². The van der Waals surface area contributed by atoms with Crippen LogP contribution in [0.4, 0.5) is 4.79 Å². The Morgan fingerprint density at radius 1 is 1.44 bits per heavy atom. The van der Waals surface area contributed by atoms with E-state index >= 15 is 0 Å². The van der Waals surface area contributed by atoms with Crippen molar-refractivity contribution in [2.45, 2.75) is 38.6 Å². The van der Waals surface area contributed by atoms with Gasteiger partial charge in [-0.3, -0.25) is 0 Å². The largest absolute Gasteiger partial charge is 1.00 e. The zero-order chi connectivity index (χ0) is 12.4. The fourth-order valence-corrected chi connectivity index (χ4v) is 2.66. The Kier molecular flexibility index (Phi) is 5.62. The summed E-state index contributed by atoms with van der Waals surface area (Å²) in [6.07, 6.45) is 10.3. The standard InChI is InChI=1S/C13H22N3O.HI/c1-11-5-4-6-12(9-11)15(3)13(17)16-8-7-14(2)10-16;/h7-8,10-12H,4-6,9H2,1-3H3;1H/q+1;/p-1. The molecule has 1 saturated carbocycles. The van der Waals surface area contributed by atoms with E-state index in [9.17, 15) is 4.79 Å². The van der Waals surface area contributed by atoms with Crippen LogP contribution < -0.4 is 28.5 Å². The van der Waals surface area contributed by atoms with Crippen LogP contribution in [0, 0.1) is 5.92 Å². The van der Waals surface area contributed by atoms with Crippen molar-refractivity contribution in [3.8, 4) is 0 Å². The average Bonchev–Trinajstić information content (AvgIpc) is 2.74. The molecule has 2 atom stereocenters. The van der Waals surface area contributed by atoms with Gasteiger partial charge in [0.1, 0.15) is 12.4 Å². The molecule has 18 heavy (non-hydrogen) atoms. The molecule has 4 nitrogen and oxygen atoms in total. The number of amides is 1. The van der Waals surface area contributed by atoms with E-state index in [0.29, 0.717) is 6.04 Å². The summed E-state index contributed by atoms with van der Waals surface area (Å²) >= 11 is 0. The molecule has 1 aromatic rings. The highest BCUT2D eigenvalue weighted by atomic mass is 127. The molecule has 0 N–H and O–H groups in total. The number of hydrogen-bond donors (Lipinski definition) is 0. The maximum atomic E-state index is 12.2. The van der Waals surface area contributed by atoms with Gasteiger partial charge in [-0.2, -0.15) is 4.57 Å². The second kappa shape index (κ2) is 6.54. The monoisotopic (exact) mass is 363 g/mol. The van der Waals surface area contributed by atoms with Crippen LogP contribution in [-0.4, -0.2) is 28.6 Å². The van der Waals surface area contributed by atoms with Gasteiger partial charge in [-0.25, -0.2) is 9.36 Å². The molecule has 2 unspecified atom stereocenters. The van der Waals surface area contributed by atoms with Gasteiger partial charge < -0.3 is 28.9 Å². The Labute approximate surface area is 126 Å². The second-order valence-electron chi connectivity index (χ2n) is 5.31. The predicted octanol–water partition coefficient (Wildman–Crippen LogP) is -1.20. The maximum Gasteiger partial charge on any atom is 0.415 e. The summed E-state index contributed by atoms with van der Waals surface area (Å²) in [5.74, 6) is 0.741. The molecule has 0 bridgehead atoms. The molecular formula is C13H22IN3O. The number of hydrogen-bond acceptors (Lipinski definition) is 1. The van der Waals surface area contributed by atoms with Crippen LogP contribution in [0.3, 0.4) is 0 Å². The van der Waals surface area contributed by atoms with Crippen LogP contribution in [0.1, 0.15) is 32.6 Å². The molecule has 1 aliphatic carbocycles. The lowest BCUT2D eigenvalue weighted by molar-refractivity contribution is -0.670. The first-order valence-electron chi connectivity index (χ1n) is 6.38. The van der Waals surface area contributed by atoms with Crippen molar-refractivity contribution in [1.29, 1.82) is 0 Å². The number of imidazole rings is 1. The number of nitrogens with zero attached hydrogens (tertiary/aromatic N) is 3. The van der Waals surface area contributed by atoms with E-state index in [-0.39, 0.29) is 30.0 Å². The van der Waals surface area contributed by atoms with Gasteiger partial charge in [0.2, 0.25) is 0 Å². The molecule has 0 saturated heterocycles. The molecular weight excluding hydrogens is 341 g/mol. The smallest absolute Gasteiger partial charge is 0.415 e. The number of carbonyl (C=O) groups excluding carboxylic acids is 1. The first kappa shape index (κ1) is 15.5. The Hall–Kier alpha value is -0.590. The van der Waals surface area contributed by atoms with Gasteiger partial charge in [0.15, 0.2) is 0 Å². The molecule has 1 fully saturated rings. The number of aromatic nitrogens is 2. The molecule has 5 heteroatoms. The SMILES string of the molecule is CC1CCCC(N(C)C(=O)n2cc[n+](C)c2)C1.[I-]. The van der Waals surface area contributed by atoms with Crippen LogP contribution in [0.2, 0.25) is 0 Å². The highest BCUT2D eigenvalue weighted by molar-refractivity contribution is 5.76. The maximum absolute atomic E-state index is 12.2. The Morgan fingerprint density at radius 2 is 2.17 bits per heavy atom. The molecule has 0 aliphatic heterocycles. The third kappa shape index (κ3) is 3.46. The zero-order valence-electron chi connectivity index (χ0n) is 11.3. The zero-order valence-corrected chi connectivity index (χ0v) is 13.5. The number of halogens is 1. The number of aryl methyl sites for hydroxylation is 1. The summed E-state index contributed by atoms with van der Waals surface area (Å²) in [7, 11) is 3.84. The minimum absolute atomic E-state index is 0. The average molecular weight is 363 g/mol. The van der Waals surface area contributed by atoms with E-state index in [4.69, 9.17) is 0 Å². The fraction of sp³-hybridized carbons (Fsp3) is 0.692. The Bertz CT molecular complexity index is 405. The Morgan fingerprint density at radius 3 is 2.72 bits per heavy atom. The lowest BCUT2D eigenvalue weighted by Gasteiger charge is -2.32. The molecule has 0 spiro atoms. The van der Waals surface area contributed by atoms with E-state index in [0.717, 1.165) is 18.8 Å². The molecule has 1 aromatic heterocycles. The minimum Gasteiger partial charge on any atom is -1.00 e. The van der Waals surface area contributed by atoms with E-state index in [1.165, 1.54) is 12.8 Å². The van der Waals surface area contributed by atoms with Crippen LogP contribution in [0.15, 0.2) is 18.7 Å². The third-order valence-electron chi connectivity index (χ3n) is 3.75. The molecule has 1 heterocycles. The summed E-state index contributed by atoms with van der Waals surface area (Å²) in [6.45, 7) is 2.28. The van der Waals surface area contributed by atoms with Crippen LogP contribution in [-0.2, 0) is 7.05 Å². The van der Waals surface area contributed by atoms with Crippen LogP contribution >= 0.6 is 0 Å². The summed E-state index contributed by atoms with van der Waals surface area (Å²) in [6, 6.07) is 0.476. The second-order valence-corrected chi connectivity index (χ2v) is 5.31. The lowest BCUT2D eigenvalue weighted by atomic mass is 9.86. The van der Waals surface area contributed by atoms with Crippen molar-refractivity contribution in [2.24, 2.45) is 13.0 Å². The summed E-state index contributed by atoms with van der Waals surface area (Å²) < 4.78 is 3.54. The van der Waals surface area contributed by atoms with E-state index in [1.807, 2.05) is 42.3 Å². The van der Waals surface area contributed by atoms with E-state index < -0.39 is 0 Å². The fourth-order valence-electron chi connectivity index (χ4n) is 2.66. The van der Waals surface area contributed by atoms with Gasteiger partial charge in [-0.15, -0.1) is 0 Å². The summed E-state index contributed by atoms with van der Waals surface area (Å²) in [5.41, 5.74) is 0. The van der Waals surface area contributed by atoms with Crippen molar-refractivity contribution in [2.75, 3.05) is 7.05 Å². The summed E-state index contributed by atoms with van der Waals surface area (Å²) in [5, 5.41) is 0. The van der Waals surface area contributed by atoms with Crippen molar-refractivity contribution >= 4 is 6.03 Å². The number of carbonyl (C=O) groups is 1. The molecule has 0 aromatic carbocycles. The van der Waals surface area contributed by atoms with Crippen molar-refractivity contribution in [1.82, 2.24) is 9.47 Å². The molecule has 2 rings (SSSR count). The highest BCUT2D eigenvalue weighted by Gasteiger charge is 2.28. The van der Waals surface area contributed by atoms with Crippen LogP contribution in [0.5, 0.6) is 0 Å². The third-order valence-corrected chi connectivity index (χ3v) is 3.75. The van der Waals surface area contributed by atoms with E-state index in [1.54, 1.807) is 4.57 Å². The molecule has 1 aliphatic rings. The van der Waals surface area contributed by atoms with E-state index in [2.05, 4.69) is 6.92 Å². The van der Waals surface area contributed by atoms with Gasteiger partial charge in [0.25, 0.3) is 6.33 Å². The quantitative estimate of drug-likeness (QED) is 0.455. The molecule has 0 radical (unpaired) electrons. The van der Waals surface area contributed by atoms with Crippen molar-refractivity contribution in [3.05, 3.63) is 18.7 Å². The van der Waals surface area contributed by atoms with Gasteiger partial charge in [-0.05, 0) is 18.8 Å². The predicted molar refractivity (Wildman–Crippen MR) is 65.6 cm³/mol. The van der Waals surface area contributed by atoms with Crippen molar-refractivity contribution < 1.29 is 33.3 Å².